The predicted octanol–water partition coefficient (Wildman–Crippen LogP) is 4.63. The van der Waals surface area contributed by atoms with Crippen LogP contribution in [0.5, 0.6) is 0 Å². The number of hydrogen-bond donors (Lipinski definition) is 2. The molecule has 0 spiro atoms. The van der Waals surface area contributed by atoms with Crippen molar-refractivity contribution in [2.75, 3.05) is 0 Å². The average Bonchev–Trinajstić information content (AvgIpc) is 2.79. The molecule has 4 aliphatic rings. The maximum Gasteiger partial charge on any atom is 0.217 e. The number of rotatable bonds is 2. The van der Waals surface area contributed by atoms with Gasteiger partial charge in [-0.15, -0.1) is 0 Å². The van der Waals surface area contributed by atoms with Gasteiger partial charge in [0.15, 0.2) is 0 Å². The van der Waals surface area contributed by atoms with Gasteiger partial charge < -0.3 is 10.6 Å². The van der Waals surface area contributed by atoms with Crippen molar-refractivity contribution in [3.8, 4) is 0 Å². The number of benzene rings is 3. The van der Waals surface area contributed by atoms with E-state index in [-0.39, 0.29) is 23.9 Å². The molecule has 4 nitrogen and oxygen atoms in total. The first-order valence-corrected chi connectivity index (χ1v) is 11.3. The van der Waals surface area contributed by atoms with Gasteiger partial charge >= 0.3 is 0 Å². The van der Waals surface area contributed by atoms with Crippen LogP contribution in [-0.2, 0) is 35.3 Å². The molecule has 7 rings (SSSR count). The topological polar surface area (TPSA) is 58.2 Å². The third kappa shape index (κ3) is 5.25. The van der Waals surface area contributed by atoms with E-state index in [1.165, 1.54) is 36.1 Å². The average molecular weight is 427 g/mol. The number of hydrogen-bond acceptors (Lipinski definition) is 2. The van der Waals surface area contributed by atoms with Crippen molar-refractivity contribution in [3.05, 3.63) is 106 Å². The fraction of sp³-hybridized carbons (Fsp3) is 0.286. The van der Waals surface area contributed by atoms with Gasteiger partial charge in [-0.1, -0.05) is 72.8 Å². The van der Waals surface area contributed by atoms with Crippen molar-refractivity contribution < 1.29 is 9.59 Å². The monoisotopic (exact) mass is 426 g/mol. The Morgan fingerprint density at radius 3 is 1.31 bits per heavy atom. The van der Waals surface area contributed by atoms with Gasteiger partial charge in [0.1, 0.15) is 0 Å². The van der Waals surface area contributed by atoms with E-state index in [4.69, 9.17) is 0 Å². The summed E-state index contributed by atoms with van der Waals surface area (Å²) in [6, 6.07) is 24.8. The molecule has 3 aromatic carbocycles. The molecule has 4 bridgehead atoms. The van der Waals surface area contributed by atoms with E-state index >= 15 is 0 Å². The Hall–Kier alpha value is -3.40. The third-order valence-corrected chi connectivity index (χ3v) is 6.21. The van der Waals surface area contributed by atoms with Gasteiger partial charge in [0.2, 0.25) is 11.8 Å². The maximum absolute atomic E-state index is 12.1. The Labute approximate surface area is 190 Å². The summed E-state index contributed by atoms with van der Waals surface area (Å²) >= 11 is 0. The first-order chi connectivity index (χ1) is 15.5. The van der Waals surface area contributed by atoms with Crippen LogP contribution in [0, 0.1) is 0 Å². The highest BCUT2D eigenvalue weighted by Gasteiger charge is 2.26. The standard InChI is InChI=1S/C28H30N2O2/c1-19(31)29-27-25-15-9-21(10-16-25)7-13-23-5-3-4-6-24(23)14-8-22-11-17-26(18-12-22)28(27)30-20(2)32/h3-6,9-12,15-18,27-28H,7-8,13-14H2,1-2H3,(H,29,31)(H,30,32)/t27-,28+. The fourth-order valence-electron chi connectivity index (χ4n) is 4.54. The third-order valence-electron chi connectivity index (χ3n) is 6.21. The summed E-state index contributed by atoms with van der Waals surface area (Å²) < 4.78 is 0. The van der Waals surface area contributed by atoms with Crippen LogP contribution in [-0.4, -0.2) is 11.8 Å². The van der Waals surface area contributed by atoms with Crippen LogP contribution >= 0.6 is 0 Å². The van der Waals surface area contributed by atoms with Crippen molar-refractivity contribution >= 4 is 11.8 Å². The summed E-state index contributed by atoms with van der Waals surface area (Å²) in [7, 11) is 0. The molecule has 2 atom stereocenters. The smallest absolute Gasteiger partial charge is 0.217 e. The second-order valence-electron chi connectivity index (χ2n) is 8.61. The maximum atomic E-state index is 12.1. The predicted molar refractivity (Wildman–Crippen MR) is 127 cm³/mol. The summed E-state index contributed by atoms with van der Waals surface area (Å²) in [6.07, 6.45) is 3.92. The highest BCUT2D eigenvalue weighted by molar-refractivity contribution is 5.75. The van der Waals surface area contributed by atoms with Crippen LogP contribution in [0.25, 0.3) is 0 Å². The lowest BCUT2D eigenvalue weighted by molar-refractivity contribution is -0.122. The zero-order chi connectivity index (χ0) is 22.5. The summed E-state index contributed by atoms with van der Waals surface area (Å²) in [4.78, 5) is 24.1. The van der Waals surface area contributed by atoms with Gasteiger partial charge in [-0.2, -0.15) is 0 Å². The number of nitrogens with one attached hydrogen (secondary N) is 2. The van der Waals surface area contributed by atoms with Gasteiger partial charge in [0.25, 0.3) is 0 Å². The summed E-state index contributed by atoms with van der Waals surface area (Å²) in [5.41, 5.74) is 7.27. The van der Waals surface area contributed by atoms with Gasteiger partial charge in [0.05, 0.1) is 12.1 Å². The molecule has 2 amide bonds. The Morgan fingerprint density at radius 2 is 0.969 bits per heavy atom. The van der Waals surface area contributed by atoms with Crippen LogP contribution in [0.4, 0.5) is 0 Å². The van der Waals surface area contributed by atoms with E-state index in [0.29, 0.717) is 0 Å². The van der Waals surface area contributed by atoms with Crippen molar-refractivity contribution in [3.63, 3.8) is 0 Å². The molecular formula is C28H30N2O2. The molecule has 0 saturated heterocycles. The van der Waals surface area contributed by atoms with Gasteiger partial charge in [-0.3, -0.25) is 9.59 Å². The first-order valence-electron chi connectivity index (χ1n) is 11.3. The number of aryl methyl sites for hydroxylation is 4. The Morgan fingerprint density at radius 1 is 0.594 bits per heavy atom. The van der Waals surface area contributed by atoms with E-state index in [9.17, 15) is 9.59 Å². The normalized spacial score (nSPS) is 18.1. The molecule has 3 aromatic rings. The minimum atomic E-state index is -0.357. The Bertz CT molecular complexity index is 999. The zero-order valence-corrected chi connectivity index (χ0v) is 18.7. The van der Waals surface area contributed by atoms with E-state index in [2.05, 4.69) is 83.4 Å². The minimum absolute atomic E-state index is 0.128. The van der Waals surface area contributed by atoms with Gasteiger partial charge in [-0.25, -0.2) is 0 Å². The summed E-state index contributed by atoms with van der Waals surface area (Å²) in [5.74, 6) is -0.255. The zero-order valence-electron chi connectivity index (χ0n) is 18.7. The molecule has 32 heavy (non-hydrogen) atoms. The molecule has 0 unspecified atom stereocenters. The number of amides is 2. The lowest BCUT2D eigenvalue weighted by Crippen LogP contribution is -2.39. The molecule has 2 N–H and O–H groups in total. The van der Waals surface area contributed by atoms with Crippen molar-refractivity contribution in [1.82, 2.24) is 10.6 Å². The van der Waals surface area contributed by atoms with E-state index in [1.807, 2.05) is 0 Å². The van der Waals surface area contributed by atoms with Crippen LogP contribution in [0.1, 0.15) is 59.3 Å². The summed E-state index contributed by atoms with van der Waals surface area (Å²) in [5, 5.41) is 6.12. The first kappa shape index (κ1) is 21.8. The van der Waals surface area contributed by atoms with Crippen LogP contribution < -0.4 is 10.6 Å². The molecule has 4 aliphatic carbocycles. The second-order valence-corrected chi connectivity index (χ2v) is 8.61. The molecule has 0 fully saturated rings. The second kappa shape index (κ2) is 9.82. The molecule has 0 heterocycles. The molecule has 0 aromatic heterocycles. The molecule has 164 valence electrons. The minimum Gasteiger partial charge on any atom is -0.347 e. The summed E-state index contributed by atoms with van der Waals surface area (Å²) in [6.45, 7) is 3.03. The lowest BCUT2D eigenvalue weighted by Gasteiger charge is -2.29. The van der Waals surface area contributed by atoms with E-state index < -0.39 is 0 Å². The fourth-order valence-corrected chi connectivity index (χ4v) is 4.54. The van der Waals surface area contributed by atoms with Crippen molar-refractivity contribution in [2.24, 2.45) is 0 Å². The Balaban J connectivity index is 1.78. The Kier molecular flexibility index (Phi) is 6.69. The van der Waals surface area contributed by atoms with Crippen molar-refractivity contribution in [1.29, 1.82) is 0 Å². The quantitative estimate of drug-likeness (QED) is 0.628. The van der Waals surface area contributed by atoms with Crippen molar-refractivity contribution in [2.45, 2.75) is 51.6 Å². The number of carbonyl (C=O) groups is 2. The van der Waals surface area contributed by atoms with Gasteiger partial charge in [-0.05, 0) is 59.1 Å². The van der Waals surface area contributed by atoms with E-state index in [0.717, 1.165) is 36.8 Å². The molecule has 0 aliphatic heterocycles. The SMILES string of the molecule is CC(=O)N[C@@H]1c2ccc(cc2)CCc2ccccc2CCc2ccc(cc2)[C@@H]1NC(C)=O. The van der Waals surface area contributed by atoms with E-state index in [1.54, 1.807) is 0 Å². The lowest BCUT2D eigenvalue weighted by atomic mass is 9.89. The highest BCUT2D eigenvalue weighted by Crippen LogP contribution is 2.30. The molecule has 0 saturated carbocycles. The van der Waals surface area contributed by atoms with Gasteiger partial charge in [0, 0.05) is 13.8 Å². The molecule has 0 radical (unpaired) electrons. The molecule has 4 heteroatoms. The highest BCUT2D eigenvalue weighted by atomic mass is 16.2. The van der Waals surface area contributed by atoms with Crippen LogP contribution in [0.3, 0.4) is 0 Å². The van der Waals surface area contributed by atoms with Crippen LogP contribution in [0.2, 0.25) is 0 Å². The number of carbonyl (C=O) groups excluding carboxylic acids is 2. The van der Waals surface area contributed by atoms with Crippen LogP contribution in [0.15, 0.2) is 72.8 Å². The molecular weight excluding hydrogens is 396 g/mol. The largest absolute Gasteiger partial charge is 0.347 e.